The third kappa shape index (κ3) is 10.6. The number of hydrazine groups is 1. The monoisotopic (exact) mass is 947 g/mol. The van der Waals surface area contributed by atoms with E-state index >= 15 is 0 Å². The van der Waals surface area contributed by atoms with Crippen LogP contribution in [0.3, 0.4) is 0 Å². The molecular formula is C54H74N8O7. The highest BCUT2D eigenvalue weighted by Gasteiger charge is 2.43. The van der Waals surface area contributed by atoms with Crippen molar-refractivity contribution >= 4 is 40.5 Å². The lowest BCUT2D eigenvalue weighted by atomic mass is 9.84. The van der Waals surface area contributed by atoms with Gasteiger partial charge in [-0.3, -0.25) is 38.9 Å². The van der Waals surface area contributed by atoms with Crippen LogP contribution in [0.4, 0.5) is 0 Å². The number of fused-ring (bicyclic) bond motifs is 6. The molecule has 0 spiro atoms. The fourth-order valence-corrected chi connectivity index (χ4v) is 10.3. The molecule has 0 aliphatic carbocycles. The summed E-state index contributed by atoms with van der Waals surface area (Å²) in [7, 11) is 7.05. The molecule has 4 amide bonds. The fourth-order valence-electron chi connectivity index (χ4n) is 10.3. The van der Waals surface area contributed by atoms with Crippen molar-refractivity contribution < 1.29 is 33.4 Å². The molecule has 4 aromatic rings. The minimum absolute atomic E-state index is 0.0507. The number of aryl methyl sites for hydroxylation is 1. The van der Waals surface area contributed by atoms with Crippen LogP contribution in [0, 0.1) is 17.3 Å². The average molecular weight is 947 g/mol. The predicted octanol–water partition coefficient (Wildman–Crippen LogP) is 6.42. The first kappa shape index (κ1) is 51.2. The first-order valence-corrected chi connectivity index (χ1v) is 24.7. The minimum Gasteiger partial charge on any atom is -0.464 e. The molecule has 15 nitrogen and oxygen atoms in total. The Morgan fingerprint density at radius 1 is 1.00 bits per heavy atom. The topological polar surface area (TPSA) is 159 Å². The fraction of sp³-hybridized carbons (Fsp3) is 0.556. The van der Waals surface area contributed by atoms with E-state index in [0.29, 0.717) is 45.3 Å². The van der Waals surface area contributed by atoms with Gasteiger partial charge in [0, 0.05) is 74.8 Å². The van der Waals surface area contributed by atoms with E-state index in [4.69, 9.17) is 14.5 Å². The summed E-state index contributed by atoms with van der Waals surface area (Å²) in [5.74, 6) is -2.36. The van der Waals surface area contributed by atoms with Crippen LogP contribution in [-0.4, -0.2) is 137 Å². The van der Waals surface area contributed by atoms with Crippen molar-refractivity contribution in [2.75, 3.05) is 54.5 Å². The number of likely N-dealkylation sites (tertiary alicyclic amines) is 1. The van der Waals surface area contributed by atoms with E-state index in [9.17, 15) is 24.0 Å². The normalized spacial score (nSPS) is 21.0. The van der Waals surface area contributed by atoms with Gasteiger partial charge in [-0.1, -0.05) is 58.0 Å². The van der Waals surface area contributed by atoms with Gasteiger partial charge in [0.05, 0.1) is 35.6 Å². The summed E-state index contributed by atoms with van der Waals surface area (Å²) in [5.41, 5.74) is 9.75. The zero-order valence-corrected chi connectivity index (χ0v) is 42.8. The summed E-state index contributed by atoms with van der Waals surface area (Å²) < 4.78 is 14.3. The smallest absolute Gasteiger partial charge is 0.324 e. The molecule has 6 bridgehead atoms. The molecule has 0 saturated carbocycles. The molecule has 3 aliphatic rings. The van der Waals surface area contributed by atoms with E-state index < -0.39 is 52.8 Å². The number of rotatable bonds is 11. The molecule has 0 unspecified atom stereocenters. The van der Waals surface area contributed by atoms with Crippen LogP contribution in [0.15, 0.2) is 60.8 Å². The highest BCUT2D eigenvalue weighted by Crippen LogP contribution is 2.42. The number of carbonyl (C=O) groups is 5. The van der Waals surface area contributed by atoms with Crippen LogP contribution in [0.2, 0.25) is 0 Å². The molecule has 5 heterocycles. The number of amides is 4. The van der Waals surface area contributed by atoms with Crippen LogP contribution in [0.1, 0.15) is 97.6 Å². The number of likely N-dealkylation sites (N-methyl/N-ethyl adjacent to an activating group) is 2. The summed E-state index contributed by atoms with van der Waals surface area (Å²) in [6.45, 7) is 17.7. The van der Waals surface area contributed by atoms with Crippen molar-refractivity contribution in [1.29, 1.82) is 0 Å². The van der Waals surface area contributed by atoms with Crippen molar-refractivity contribution in [2.45, 2.75) is 124 Å². The molecule has 2 saturated heterocycles. The molecule has 2 fully saturated rings. The highest BCUT2D eigenvalue weighted by atomic mass is 16.5. The molecular weight excluding hydrogens is 873 g/mol. The van der Waals surface area contributed by atoms with Gasteiger partial charge in [0.2, 0.25) is 17.7 Å². The summed E-state index contributed by atoms with van der Waals surface area (Å²) in [5, 5.41) is 5.61. The molecule has 5 atom stereocenters. The lowest BCUT2D eigenvalue weighted by molar-refractivity contribution is -0.155. The second-order valence-corrected chi connectivity index (χ2v) is 21.2. The number of pyridine rings is 1. The van der Waals surface area contributed by atoms with Gasteiger partial charge < -0.3 is 29.2 Å². The standard InChI is InChI=1S/C54H74N8O7/c1-13-61-44-22-21-37-29-40(44)41(47(61)39-19-15-24-55-45(39)34(4)68-12)30-53(5,6)32-69-51(66)42-20-16-25-62(57-42)50(65)43(28-35-17-14-18-36(37)27-35)56-48(63)46(33(2)3)59(11)49(64)38-23-26-60(31-38)52(67)54(7,8)58(9)10/h14-15,17-19,21-22,24,27,29,33-34,38,42-43,46,57H,13,16,20,23,25-26,28,30-32H2,1-12H3,(H,56,63)/t34-,38-,42-,43-,46-/m0/s1. The summed E-state index contributed by atoms with van der Waals surface area (Å²) in [6.07, 6.45) is 3.79. The van der Waals surface area contributed by atoms with E-state index in [2.05, 4.69) is 72.5 Å². The molecule has 372 valence electrons. The van der Waals surface area contributed by atoms with Gasteiger partial charge in [-0.2, -0.15) is 0 Å². The lowest BCUT2D eigenvalue weighted by Gasteiger charge is -2.37. The van der Waals surface area contributed by atoms with Crippen LogP contribution >= 0.6 is 0 Å². The average Bonchev–Trinajstić information content (AvgIpc) is 3.94. The van der Waals surface area contributed by atoms with Gasteiger partial charge in [0.25, 0.3) is 5.91 Å². The predicted molar refractivity (Wildman–Crippen MR) is 268 cm³/mol. The van der Waals surface area contributed by atoms with Crippen LogP contribution in [0.5, 0.6) is 0 Å². The summed E-state index contributed by atoms with van der Waals surface area (Å²) in [4.78, 5) is 81.0. The maximum Gasteiger partial charge on any atom is 0.324 e. The zero-order valence-electron chi connectivity index (χ0n) is 42.8. The number of benzene rings is 2. The molecule has 69 heavy (non-hydrogen) atoms. The second-order valence-electron chi connectivity index (χ2n) is 21.2. The van der Waals surface area contributed by atoms with Gasteiger partial charge in [-0.05, 0) is 120 Å². The lowest BCUT2D eigenvalue weighted by Crippen LogP contribution is -2.62. The number of carbonyl (C=O) groups excluding carboxylic acids is 5. The third-order valence-electron chi connectivity index (χ3n) is 14.8. The van der Waals surface area contributed by atoms with Crippen molar-refractivity contribution in [1.82, 2.24) is 40.0 Å². The van der Waals surface area contributed by atoms with Gasteiger partial charge in [-0.15, -0.1) is 0 Å². The van der Waals surface area contributed by atoms with E-state index in [1.807, 2.05) is 71.8 Å². The van der Waals surface area contributed by atoms with Gasteiger partial charge in [0.15, 0.2) is 0 Å². The Balaban J connectivity index is 1.26. The van der Waals surface area contributed by atoms with Crippen LogP contribution < -0.4 is 10.7 Å². The Labute approximate surface area is 408 Å². The SMILES string of the molecule is CCn1c(-c2cccnc2[C@H](C)OC)c2c3cc(ccc31)-c1cccc(c1)C[C@H](NC(=O)[C@H](C(C)C)N(C)C(=O)[C@H]1CCN(C(=O)C(C)(C)N(C)C)C1)C(=O)N1CCC[C@H](N1)C(=O)OCC(C)(C)C2. The quantitative estimate of drug-likeness (QED) is 0.161. The molecule has 2 aromatic heterocycles. The largest absolute Gasteiger partial charge is 0.464 e. The number of hydrogen-bond acceptors (Lipinski definition) is 10. The number of cyclic esters (lactones) is 1. The highest BCUT2D eigenvalue weighted by molar-refractivity contribution is 5.96. The summed E-state index contributed by atoms with van der Waals surface area (Å²) in [6, 6.07) is 15.9. The number of esters is 1. The van der Waals surface area contributed by atoms with E-state index in [1.165, 1.54) is 9.91 Å². The molecule has 3 aliphatic heterocycles. The number of aromatic nitrogens is 2. The first-order valence-electron chi connectivity index (χ1n) is 24.7. The molecule has 7 rings (SSSR count). The van der Waals surface area contributed by atoms with Crippen LogP contribution in [0.25, 0.3) is 33.3 Å². The second kappa shape index (κ2) is 20.8. The zero-order chi connectivity index (χ0) is 50.1. The Morgan fingerprint density at radius 3 is 2.43 bits per heavy atom. The number of methoxy groups -OCH3 is 1. The maximum atomic E-state index is 14.8. The van der Waals surface area contributed by atoms with Crippen molar-refractivity contribution in [3.05, 3.63) is 77.6 Å². The van der Waals surface area contributed by atoms with Gasteiger partial charge in [-0.25, -0.2) is 5.43 Å². The van der Waals surface area contributed by atoms with Crippen molar-refractivity contribution in [3.63, 3.8) is 0 Å². The Hall–Kier alpha value is -5.64. The van der Waals surface area contributed by atoms with E-state index in [1.54, 1.807) is 25.3 Å². The Kier molecular flexibility index (Phi) is 15.4. The van der Waals surface area contributed by atoms with Gasteiger partial charge in [0.1, 0.15) is 18.1 Å². The van der Waals surface area contributed by atoms with Gasteiger partial charge >= 0.3 is 5.97 Å². The maximum absolute atomic E-state index is 14.8. The molecule has 15 heteroatoms. The van der Waals surface area contributed by atoms with Crippen molar-refractivity contribution in [3.8, 4) is 22.4 Å². The number of hydrogen-bond donors (Lipinski definition) is 2. The number of nitrogens with one attached hydrogen (secondary N) is 2. The molecule has 2 aromatic carbocycles. The van der Waals surface area contributed by atoms with Crippen LogP contribution in [-0.2, 0) is 52.8 Å². The Morgan fingerprint density at radius 2 is 1.74 bits per heavy atom. The van der Waals surface area contributed by atoms with E-state index in [-0.39, 0.29) is 43.4 Å². The van der Waals surface area contributed by atoms with E-state index in [0.717, 1.165) is 50.1 Å². The third-order valence-corrected chi connectivity index (χ3v) is 14.8. The van der Waals surface area contributed by atoms with Crippen molar-refractivity contribution in [2.24, 2.45) is 17.3 Å². The number of ether oxygens (including phenoxy) is 2. The summed E-state index contributed by atoms with van der Waals surface area (Å²) >= 11 is 0. The Bertz CT molecular complexity index is 2570. The first-order chi connectivity index (χ1) is 32.7. The molecule has 2 N–H and O–H groups in total. The number of nitrogens with zero attached hydrogens (tertiary/aromatic N) is 6. The minimum atomic E-state index is -1.05. The molecule has 0 radical (unpaired) electrons.